The van der Waals surface area contributed by atoms with E-state index in [0.717, 1.165) is 19.3 Å². The Balaban J connectivity index is 1.70. The van der Waals surface area contributed by atoms with E-state index in [9.17, 15) is 18.0 Å². The maximum absolute atomic E-state index is 13.1. The highest BCUT2D eigenvalue weighted by Crippen LogP contribution is 2.29. The molecule has 0 aliphatic carbocycles. The quantitative estimate of drug-likeness (QED) is 0.527. The molecule has 1 fully saturated rings. The third-order valence-electron chi connectivity index (χ3n) is 4.88. The van der Waals surface area contributed by atoms with Gasteiger partial charge in [-0.1, -0.05) is 30.7 Å². The molecule has 0 aromatic heterocycles. The third-order valence-corrected chi connectivity index (χ3v) is 6.80. The Morgan fingerprint density at radius 2 is 1.71 bits per heavy atom. The lowest BCUT2D eigenvalue weighted by atomic mass is 10.2. The lowest BCUT2D eigenvalue weighted by Gasteiger charge is -2.26. The second-order valence-corrected chi connectivity index (χ2v) is 8.92. The summed E-state index contributed by atoms with van der Waals surface area (Å²) >= 11 is 0. The number of nitrogens with one attached hydrogen (secondary N) is 2. The van der Waals surface area contributed by atoms with Crippen molar-refractivity contribution < 1.29 is 22.7 Å². The first kappa shape index (κ1) is 22.5. The smallest absolute Gasteiger partial charge is 0.269 e. The SMILES string of the molecule is COc1ccc(C=CC(=O)NNC(=O)c2ccccc2)cc1S(=O)(=O)N1CCCCC1. The van der Waals surface area contributed by atoms with Gasteiger partial charge in [-0.25, -0.2) is 8.42 Å². The van der Waals surface area contributed by atoms with E-state index >= 15 is 0 Å². The average molecular weight is 444 g/mol. The van der Waals surface area contributed by atoms with E-state index in [1.807, 2.05) is 0 Å². The predicted octanol–water partition coefficient (Wildman–Crippen LogP) is 2.34. The molecule has 1 heterocycles. The molecule has 0 bridgehead atoms. The number of carbonyl (C=O) groups excluding carboxylic acids is 2. The lowest BCUT2D eigenvalue weighted by molar-refractivity contribution is -0.117. The Morgan fingerprint density at radius 3 is 2.39 bits per heavy atom. The van der Waals surface area contributed by atoms with Crippen molar-refractivity contribution in [3.63, 3.8) is 0 Å². The van der Waals surface area contributed by atoms with Crippen LogP contribution in [-0.4, -0.2) is 44.7 Å². The number of nitrogens with zero attached hydrogens (tertiary/aromatic N) is 1. The van der Waals surface area contributed by atoms with Gasteiger partial charge in [-0.2, -0.15) is 4.31 Å². The van der Waals surface area contributed by atoms with Crippen molar-refractivity contribution in [2.45, 2.75) is 24.2 Å². The fourth-order valence-electron chi connectivity index (χ4n) is 3.24. The Hall–Kier alpha value is -3.17. The van der Waals surface area contributed by atoms with Crippen molar-refractivity contribution in [2.75, 3.05) is 20.2 Å². The zero-order chi connectivity index (χ0) is 22.3. The average Bonchev–Trinajstić information content (AvgIpc) is 2.82. The number of methoxy groups -OCH3 is 1. The van der Waals surface area contributed by atoms with Crippen molar-refractivity contribution in [2.24, 2.45) is 0 Å². The van der Waals surface area contributed by atoms with Crippen molar-refractivity contribution >= 4 is 27.9 Å². The van der Waals surface area contributed by atoms with Gasteiger partial charge in [0.15, 0.2) is 0 Å². The molecule has 8 nitrogen and oxygen atoms in total. The van der Waals surface area contributed by atoms with Crippen LogP contribution >= 0.6 is 0 Å². The summed E-state index contributed by atoms with van der Waals surface area (Å²) in [6.45, 7) is 0.962. The first-order valence-electron chi connectivity index (χ1n) is 9.93. The van der Waals surface area contributed by atoms with Gasteiger partial charge in [0.25, 0.3) is 11.8 Å². The molecular weight excluding hydrogens is 418 g/mol. The van der Waals surface area contributed by atoms with Crippen molar-refractivity contribution in [3.8, 4) is 5.75 Å². The minimum Gasteiger partial charge on any atom is -0.495 e. The Bertz CT molecular complexity index is 1060. The molecule has 9 heteroatoms. The molecule has 3 rings (SSSR count). The van der Waals surface area contributed by atoms with E-state index in [0.29, 0.717) is 24.2 Å². The maximum Gasteiger partial charge on any atom is 0.269 e. The van der Waals surface area contributed by atoms with Crippen LogP contribution in [0, 0.1) is 0 Å². The van der Waals surface area contributed by atoms with E-state index < -0.39 is 21.8 Å². The highest BCUT2D eigenvalue weighted by Gasteiger charge is 2.29. The molecule has 0 spiro atoms. The van der Waals surface area contributed by atoms with Gasteiger partial charge in [-0.05, 0) is 48.7 Å². The number of rotatable bonds is 6. The number of piperidine rings is 1. The third kappa shape index (κ3) is 5.71. The topological polar surface area (TPSA) is 105 Å². The molecule has 2 amide bonds. The Kier molecular flexibility index (Phi) is 7.43. The largest absolute Gasteiger partial charge is 0.495 e. The van der Waals surface area contributed by atoms with E-state index in [2.05, 4.69) is 10.9 Å². The molecular formula is C22H25N3O5S. The van der Waals surface area contributed by atoms with Gasteiger partial charge in [0.2, 0.25) is 10.0 Å². The number of amides is 2. The van der Waals surface area contributed by atoms with Crippen LogP contribution in [0.3, 0.4) is 0 Å². The normalized spacial score (nSPS) is 14.9. The van der Waals surface area contributed by atoms with Crippen LogP contribution in [0.2, 0.25) is 0 Å². The van der Waals surface area contributed by atoms with Gasteiger partial charge in [0.05, 0.1) is 7.11 Å². The minimum atomic E-state index is -3.70. The predicted molar refractivity (Wildman–Crippen MR) is 117 cm³/mol. The summed E-state index contributed by atoms with van der Waals surface area (Å²) in [6, 6.07) is 13.2. The first-order chi connectivity index (χ1) is 14.9. The molecule has 2 N–H and O–H groups in total. The van der Waals surface area contributed by atoms with E-state index in [-0.39, 0.29) is 10.6 Å². The number of hydrogen-bond donors (Lipinski definition) is 2. The van der Waals surface area contributed by atoms with Gasteiger partial charge in [0, 0.05) is 24.7 Å². The van der Waals surface area contributed by atoms with E-state index in [4.69, 9.17) is 4.74 Å². The van der Waals surface area contributed by atoms with Crippen LogP contribution in [0.25, 0.3) is 6.08 Å². The monoisotopic (exact) mass is 443 g/mol. The summed E-state index contributed by atoms with van der Waals surface area (Å²) in [6.07, 6.45) is 5.36. The molecule has 1 aliphatic heterocycles. The van der Waals surface area contributed by atoms with Crippen LogP contribution in [0.1, 0.15) is 35.2 Å². The molecule has 0 radical (unpaired) electrons. The number of hydrazine groups is 1. The highest BCUT2D eigenvalue weighted by molar-refractivity contribution is 7.89. The van der Waals surface area contributed by atoms with Crippen LogP contribution < -0.4 is 15.6 Å². The van der Waals surface area contributed by atoms with Gasteiger partial charge in [-0.15, -0.1) is 0 Å². The lowest BCUT2D eigenvalue weighted by Crippen LogP contribution is -2.40. The molecule has 31 heavy (non-hydrogen) atoms. The Morgan fingerprint density at radius 1 is 1.00 bits per heavy atom. The molecule has 0 saturated carbocycles. The van der Waals surface area contributed by atoms with Gasteiger partial charge in [-0.3, -0.25) is 20.4 Å². The summed E-state index contributed by atoms with van der Waals surface area (Å²) in [7, 11) is -2.28. The summed E-state index contributed by atoms with van der Waals surface area (Å²) in [5, 5.41) is 0. The summed E-state index contributed by atoms with van der Waals surface area (Å²) < 4.78 is 32.8. The van der Waals surface area contributed by atoms with Gasteiger partial charge in [0.1, 0.15) is 10.6 Å². The number of hydrogen-bond acceptors (Lipinski definition) is 5. The van der Waals surface area contributed by atoms with Crippen molar-refractivity contribution in [1.29, 1.82) is 0 Å². The molecule has 0 atom stereocenters. The van der Waals surface area contributed by atoms with Crippen LogP contribution in [-0.2, 0) is 14.8 Å². The van der Waals surface area contributed by atoms with Gasteiger partial charge < -0.3 is 4.74 Å². The maximum atomic E-state index is 13.1. The van der Waals surface area contributed by atoms with Crippen LogP contribution in [0.15, 0.2) is 59.5 Å². The molecule has 2 aromatic carbocycles. The molecule has 1 saturated heterocycles. The molecule has 0 unspecified atom stereocenters. The zero-order valence-corrected chi connectivity index (χ0v) is 18.0. The number of sulfonamides is 1. The Labute approximate surface area is 181 Å². The number of benzene rings is 2. The fraction of sp³-hybridized carbons (Fsp3) is 0.273. The fourth-order valence-corrected chi connectivity index (χ4v) is 4.94. The van der Waals surface area contributed by atoms with Crippen molar-refractivity contribution in [3.05, 3.63) is 65.7 Å². The summed E-state index contributed by atoms with van der Waals surface area (Å²) in [5.41, 5.74) is 5.54. The van der Waals surface area contributed by atoms with Crippen LogP contribution in [0.4, 0.5) is 0 Å². The first-order valence-corrected chi connectivity index (χ1v) is 11.4. The second kappa shape index (κ2) is 10.2. The highest BCUT2D eigenvalue weighted by atomic mass is 32.2. The summed E-state index contributed by atoms with van der Waals surface area (Å²) in [5.74, 6) is -0.746. The summed E-state index contributed by atoms with van der Waals surface area (Å²) in [4.78, 5) is 24.1. The number of carbonyl (C=O) groups is 2. The molecule has 2 aromatic rings. The minimum absolute atomic E-state index is 0.0665. The van der Waals surface area contributed by atoms with E-state index in [1.165, 1.54) is 29.6 Å². The number of ether oxygens (including phenoxy) is 1. The van der Waals surface area contributed by atoms with Crippen molar-refractivity contribution in [1.82, 2.24) is 15.2 Å². The standard InChI is InChI=1S/C22H25N3O5S/c1-30-19-12-10-17(16-20(19)31(28,29)25-14-6-3-7-15-25)11-13-21(26)23-24-22(27)18-8-4-2-5-9-18/h2,4-5,8-13,16H,3,6-7,14-15H2,1H3,(H,23,26)(H,24,27). The molecule has 1 aliphatic rings. The zero-order valence-electron chi connectivity index (χ0n) is 17.2. The van der Waals surface area contributed by atoms with Gasteiger partial charge >= 0.3 is 0 Å². The van der Waals surface area contributed by atoms with E-state index in [1.54, 1.807) is 42.5 Å². The van der Waals surface area contributed by atoms with Crippen LogP contribution in [0.5, 0.6) is 5.75 Å². The second-order valence-electron chi connectivity index (χ2n) is 7.02. The molecule has 164 valence electrons.